The molecule has 1 saturated heterocycles. The lowest BCUT2D eigenvalue weighted by Gasteiger charge is -2.16. The van der Waals surface area contributed by atoms with Crippen molar-refractivity contribution in [1.82, 2.24) is 25.5 Å². The highest BCUT2D eigenvalue weighted by atomic mass is 79.9. The highest BCUT2D eigenvalue weighted by Crippen LogP contribution is 2.37. The fraction of sp³-hybridized carbons (Fsp3) is 0.417. The number of rotatable bonds is 10. The first-order chi connectivity index (χ1) is 16.6. The van der Waals surface area contributed by atoms with Crippen LogP contribution in [0.3, 0.4) is 0 Å². The van der Waals surface area contributed by atoms with Gasteiger partial charge in [0, 0.05) is 36.6 Å². The summed E-state index contributed by atoms with van der Waals surface area (Å²) in [5.41, 5.74) is -0.112. The molecule has 1 aromatic carbocycles. The maximum atomic E-state index is 12.3. The number of aromatic nitrogens is 2. The molecule has 3 aromatic rings. The molecule has 4 rings (SSSR count). The van der Waals surface area contributed by atoms with E-state index in [-0.39, 0.29) is 18.5 Å². The number of imide groups is 1. The Balaban J connectivity index is 1.43. The fourth-order valence-electron chi connectivity index (χ4n) is 3.67. The third-order valence-electron chi connectivity index (χ3n) is 5.45. The van der Waals surface area contributed by atoms with Crippen LogP contribution in [-0.2, 0) is 4.79 Å². The highest BCUT2D eigenvalue weighted by molar-refractivity contribution is 9.10. The lowest BCUT2D eigenvalue weighted by Crippen LogP contribution is -2.40. The molecule has 0 saturated carbocycles. The van der Waals surface area contributed by atoms with Gasteiger partial charge in [0.2, 0.25) is 5.95 Å². The zero-order valence-electron chi connectivity index (χ0n) is 20.1. The normalized spacial score (nSPS) is 15.2. The van der Waals surface area contributed by atoms with Crippen LogP contribution in [0, 0.1) is 0 Å². The summed E-state index contributed by atoms with van der Waals surface area (Å²) in [7, 11) is 0. The monoisotopic (exact) mass is 560 g/mol. The van der Waals surface area contributed by atoms with E-state index in [0.29, 0.717) is 25.1 Å². The Morgan fingerprint density at radius 2 is 2.03 bits per heavy atom. The van der Waals surface area contributed by atoms with E-state index >= 15 is 0 Å². The molecule has 2 aromatic heterocycles. The predicted molar refractivity (Wildman–Crippen MR) is 142 cm³/mol. The average molecular weight is 562 g/mol. The Morgan fingerprint density at radius 1 is 1.23 bits per heavy atom. The van der Waals surface area contributed by atoms with Crippen molar-refractivity contribution in [2.45, 2.75) is 39.3 Å². The van der Waals surface area contributed by atoms with Gasteiger partial charge in [0.1, 0.15) is 23.6 Å². The number of fused-ring (bicyclic) bond motifs is 1. The van der Waals surface area contributed by atoms with E-state index in [0.717, 1.165) is 37.4 Å². The third kappa shape index (κ3) is 5.91. The second-order valence-corrected chi connectivity index (χ2v) is 11.0. The number of ether oxygens (including phenoxy) is 1. The number of carbonyl (C=O) groups excluding carboxylic acids is 2. The molecule has 11 heteroatoms. The van der Waals surface area contributed by atoms with Crippen molar-refractivity contribution in [3.8, 4) is 16.3 Å². The van der Waals surface area contributed by atoms with Gasteiger partial charge < -0.3 is 20.7 Å². The number of anilines is 1. The standard InChI is InChI=1S/C24H29BrN6O3S/c1-14(2)26-8-10-34-16-5-6-18-15(11-16)12-19(35-18)20-17(25)13-28-22(29-20)27-7-9-31-21(32)24(3,4)30-23(31)33/h5-6,11-14,26H,7-10H2,1-4H3,(H,30,33)(H,27,28,29). The Hall–Kier alpha value is -2.76. The van der Waals surface area contributed by atoms with E-state index in [1.165, 1.54) is 4.90 Å². The number of benzene rings is 1. The maximum Gasteiger partial charge on any atom is 0.325 e. The van der Waals surface area contributed by atoms with Crippen molar-refractivity contribution in [1.29, 1.82) is 0 Å². The van der Waals surface area contributed by atoms with Crippen molar-refractivity contribution in [2.24, 2.45) is 0 Å². The smallest absolute Gasteiger partial charge is 0.325 e. The van der Waals surface area contributed by atoms with Crippen LogP contribution in [0.4, 0.5) is 10.7 Å². The van der Waals surface area contributed by atoms with Crippen molar-refractivity contribution < 1.29 is 14.3 Å². The Bertz CT molecular complexity index is 1250. The molecule has 3 heterocycles. The number of thiophene rings is 1. The molecule has 186 valence electrons. The molecule has 0 spiro atoms. The molecule has 0 bridgehead atoms. The number of amides is 3. The van der Waals surface area contributed by atoms with Crippen LogP contribution in [0.1, 0.15) is 27.7 Å². The number of hydrogen-bond donors (Lipinski definition) is 3. The first kappa shape index (κ1) is 25.3. The van der Waals surface area contributed by atoms with Crippen LogP contribution in [0.2, 0.25) is 0 Å². The first-order valence-electron chi connectivity index (χ1n) is 11.4. The van der Waals surface area contributed by atoms with Gasteiger partial charge in [-0.2, -0.15) is 0 Å². The number of hydrogen-bond acceptors (Lipinski definition) is 8. The zero-order valence-corrected chi connectivity index (χ0v) is 22.5. The van der Waals surface area contributed by atoms with Gasteiger partial charge in [-0.15, -0.1) is 11.3 Å². The Morgan fingerprint density at radius 3 is 2.74 bits per heavy atom. The third-order valence-corrected chi connectivity index (χ3v) is 7.15. The molecule has 3 N–H and O–H groups in total. The van der Waals surface area contributed by atoms with E-state index < -0.39 is 5.54 Å². The molecule has 9 nitrogen and oxygen atoms in total. The molecule has 0 aliphatic carbocycles. The van der Waals surface area contributed by atoms with Crippen molar-refractivity contribution in [3.63, 3.8) is 0 Å². The van der Waals surface area contributed by atoms with Gasteiger partial charge >= 0.3 is 6.03 Å². The van der Waals surface area contributed by atoms with E-state index in [1.807, 2.05) is 12.1 Å². The summed E-state index contributed by atoms with van der Waals surface area (Å²) in [6, 6.07) is 8.22. The van der Waals surface area contributed by atoms with Crippen LogP contribution >= 0.6 is 27.3 Å². The molecule has 0 radical (unpaired) electrons. The Labute approximate surface area is 216 Å². The quantitative estimate of drug-likeness (QED) is 0.251. The van der Waals surface area contributed by atoms with Crippen molar-refractivity contribution >= 4 is 55.2 Å². The summed E-state index contributed by atoms with van der Waals surface area (Å²) < 4.78 is 7.79. The Kier molecular flexibility index (Phi) is 7.58. The molecular formula is C24H29BrN6O3S. The van der Waals surface area contributed by atoms with E-state index in [1.54, 1.807) is 31.4 Å². The number of nitrogens with one attached hydrogen (secondary N) is 3. The summed E-state index contributed by atoms with van der Waals surface area (Å²) in [6.45, 7) is 9.57. The molecule has 0 atom stereocenters. The minimum Gasteiger partial charge on any atom is -0.492 e. The zero-order chi connectivity index (χ0) is 25.2. The van der Waals surface area contributed by atoms with Crippen LogP contribution in [0.5, 0.6) is 5.75 Å². The van der Waals surface area contributed by atoms with Crippen LogP contribution < -0.4 is 20.7 Å². The van der Waals surface area contributed by atoms with Gasteiger partial charge in [0.15, 0.2) is 0 Å². The summed E-state index contributed by atoms with van der Waals surface area (Å²) in [5, 5.41) is 10.2. The van der Waals surface area contributed by atoms with Crippen LogP contribution in [-0.4, -0.2) is 64.6 Å². The van der Waals surface area contributed by atoms with Crippen LogP contribution in [0.25, 0.3) is 20.7 Å². The molecule has 35 heavy (non-hydrogen) atoms. The van der Waals surface area contributed by atoms with Gasteiger partial charge in [0.25, 0.3) is 5.91 Å². The van der Waals surface area contributed by atoms with Gasteiger partial charge in [-0.1, -0.05) is 13.8 Å². The molecular weight excluding hydrogens is 532 g/mol. The number of nitrogens with zero attached hydrogens (tertiary/aromatic N) is 3. The maximum absolute atomic E-state index is 12.3. The van der Waals surface area contributed by atoms with E-state index in [2.05, 4.69) is 67.8 Å². The van der Waals surface area contributed by atoms with E-state index in [9.17, 15) is 9.59 Å². The number of halogens is 1. The number of urea groups is 1. The number of carbonyl (C=O) groups is 2. The molecule has 0 unspecified atom stereocenters. The summed E-state index contributed by atoms with van der Waals surface area (Å²) in [6.07, 6.45) is 1.70. The highest BCUT2D eigenvalue weighted by Gasteiger charge is 2.43. The largest absolute Gasteiger partial charge is 0.492 e. The summed E-state index contributed by atoms with van der Waals surface area (Å²) >= 11 is 5.20. The average Bonchev–Trinajstić information content (AvgIpc) is 3.30. The lowest BCUT2D eigenvalue weighted by atomic mass is 10.1. The first-order valence-corrected chi connectivity index (χ1v) is 13.1. The molecule has 3 amide bonds. The molecule has 1 fully saturated rings. The molecule has 1 aliphatic rings. The minimum atomic E-state index is -0.880. The van der Waals surface area contributed by atoms with Gasteiger partial charge in [-0.05, 0) is 59.4 Å². The van der Waals surface area contributed by atoms with Gasteiger partial charge in [-0.3, -0.25) is 9.69 Å². The summed E-state index contributed by atoms with van der Waals surface area (Å²) in [4.78, 5) is 35.6. The van der Waals surface area contributed by atoms with Crippen LogP contribution in [0.15, 0.2) is 34.9 Å². The molecule has 1 aliphatic heterocycles. The second kappa shape index (κ2) is 10.5. The fourth-order valence-corrected chi connectivity index (χ4v) is 5.25. The minimum absolute atomic E-state index is 0.223. The van der Waals surface area contributed by atoms with E-state index in [4.69, 9.17) is 4.74 Å². The summed E-state index contributed by atoms with van der Waals surface area (Å²) in [5.74, 6) is 1.01. The topological polar surface area (TPSA) is 108 Å². The van der Waals surface area contributed by atoms with Crippen molar-refractivity contribution in [3.05, 3.63) is 34.9 Å². The van der Waals surface area contributed by atoms with Crippen molar-refractivity contribution in [2.75, 3.05) is 31.6 Å². The SMILES string of the molecule is CC(C)NCCOc1ccc2sc(-c3nc(NCCN4C(=O)NC(C)(C)C4=O)ncc3Br)cc2c1. The van der Waals surface area contributed by atoms with Gasteiger partial charge in [-0.25, -0.2) is 14.8 Å². The van der Waals surface area contributed by atoms with Gasteiger partial charge in [0.05, 0.1) is 9.35 Å². The second-order valence-electron chi connectivity index (χ2n) is 9.10. The predicted octanol–water partition coefficient (Wildman–Crippen LogP) is 4.24. The lowest BCUT2D eigenvalue weighted by molar-refractivity contribution is -0.130.